The minimum atomic E-state index is 0.0898. The van der Waals surface area contributed by atoms with E-state index >= 15 is 0 Å². The maximum atomic E-state index is 12.2. The highest BCUT2D eigenvalue weighted by atomic mass is 32.2. The van der Waals surface area contributed by atoms with Crippen molar-refractivity contribution in [3.8, 4) is 0 Å². The Morgan fingerprint density at radius 1 is 1.05 bits per heavy atom. The van der Waals surface area contributed by atoms with Crippen LogP contribution in [0.3, 0.4) is 0 Å². The summed E-state index contributed by atoms with van der Waals surface area (Å²) >= 11 is 1.35. The molecule has 2 aromatic rings. The van der Waals surface area contributed by atoms with Crippen molar-refractivity contribution in [1.82, 2.24) is 4.90 Å². The van der Waals surface area contributed by atoms with Gasteiger partial charge in [0.05, 0.1) is 6.04 Å². The number of rotatable bonds is 4. The summed E-state index contributed by atoms with van der Waals surface area (Å²) in [5.74, 6) is 0.714. The van der Waals surface area contributed by atoms with Crippen molar-refractivity contribution in [2.24, 2.45) is 0 Å². The zero-order valence-corrected chi connectivity index (χ0v) is 12.6. The molecular formula is C17H19NOS. The lowest BCUT2D eigenvalue weighted by molar-refractivity contribution is 0.220. The van der Waals surface area contributed by atoms with Crippen LogP contribution in [0.2, 0.25) is 0 Å². The summed E-state index contributed by atoms with van der Waals surface area (Å²) in [6.45, 7) is 2.05. The lowest BCUT2D eigenvalue weighted by atomic mass is 10.1. The van der Waals surface area contributed by atoms with Gasteiger partial charge in [0.2, 0.25) is 0 Å². The van der Waals surface area contributed by atoms with Gasteiger partial charge in [0.1, 0.15) is 0 Å². The van der Waals surface area contributed by atoms with Crippen molar-refractivity contribution in [2.45, 2.75) is 18.7 Å². The lowest BCUT2D eigenvalue weighted by Crippen LogP contribution is -2.26. The molecule has 0 fully saturated rings. The van der Waals surface area contributed by atoms with E-state index in [-0.39, 0.29) is 11.3 Å². The van der Waals surface area contributed by atoms with Gasteiger partial charge in [-0.15, -0.1) is 0 Å². The van der Waals surface area contributed by atoms with Crippen molar-refractivity contribution in [2.75, 3.05) is 7.05 Å². The summed E-state index contributed by atoms with van der Waals surface area (Å²) < 4.78 is 0. The number of carbonyl (C=O) groups is 1. The quantitative estimate of drug-likeness (QED) is 0.809. The first-order valence-electron chi connectivity index (χ1n) is 6.67. The van der Waals surface area contributed by atoms with Crippen molar-refractivity contribution in [1.29, 1.82) is 0 Å². The van der Waals surface area contributed by atoms with E-state index in [1.165, 1.54) is 17.3 Å². The molecule has 0 aliphatic rings. The van der Waals surface area contributed by atoms with E-state index in [0.717, 1.165) is 5.56 Å². The van der Waals surface area contributed by atoms with Crippen LogP contribution in [0.5, 0.6) is 0 Å². The predicted octanol–water partition coefficient (Wildman–Crippen LogP) is 4.73. The fourth-order valence-corrected chi connectivity index (χ4v) is 2.78. The molecule has 2 rings (SSSR count). The van der Waals surface area contributed by atoms with Gasteiger partial charge in [-0.25, -0.2) is 0 Å². The Kier molecular flexibility index (Phi) is 5.24. The second-order valence-electron chi connectivity index (χ2n) is 4.74. The molecule has 1 unspecified atom stereocenters. The van der Waals surface area contributed by atoms with Crippen molar-refractivity contribution >= 4 is 17.0 Å². The molecule has 104 valence electrons. The maximum absolute atomic E-state index is 12.2. The van der Waals surface area contributed by atoms with Gasteiger partial charge in [-0.3, -0.25) is 4.79 Å². The number of nitrogens with zero attached hydrogens (tertiary/aromatic N) is 1. The molecule has 2 aromatic carbocycles. The summed E-state index contributed by atoms with van der Waals surface area (Å²) in [6.07, 6.45) is 0. The van der Waals surface area contributed by atoms with E-state index in [4.69, 9.17) is 0 Å². The zero-order chi connectivity index (χ0) is 14.4. The van der Waals surface area contributed by atoms with Crippen LogP contribution in [0, 0.1) is 0 Å². The normalized spacial score (nSPS) is 11.9. The van der Waals surface area contributed by atoms with Crippen molar-refractivity contribution in [3.05, 3.63) is 71.8 Å². The van der Waals surface area contributed by atoms with Gasteiger partial charge in [-0.2, -0.15) is 0 Å². The Morgan fingerprint density at radius 2 is 1.60 bits per heavy atom. The molecule has 0 saturated carbocycles. The average Bonchev–Trinajstić information content (AvgIpc) is 2.53. The first kappa shape index (κ1) is 14.7. The summed E-state index contributed by atoms with van der Waals surface area (Å²) in [5, 5.41) is 0.102. The monoisotopic (exact) mass is 285 g/mol. The average molecular weight is 285 g/mol. The first-order valence-corrected chi connectivity index (χ1v) is 7.65. The highest BCUT2D eigenvalue weighted by Gasteiger charge is 2.17. The van der Waals surface area contributed by atoms with Gasteiger partial charge < -0.3 is 4.90 Å². The second-order valence-corrected chi connectivity index (χ2v) is 5.66. The summed E-state index contributed by atoms with van der Waals surface area (Å²) in [6, 6.07) is 20.2. The summed E-state index contributed by atoms with van der Waals surface area (Å²) in [5.41, 5.74) is 2.33. The number of hydrogen-bond donors (Lipinski definition) is 0. The predicted molar refractivity (Wildman–Crippen MR) is 85.8 cm³/mol. The van der Waals surface area contributed by atoms with E-state index < -0.39 is 0 Å². The third kappa shape index (κ3) is 3.87. The molecule has 0 aliphatic heterocycles. The topological polar surface area (TPSA) is 20.3 Å². The van der Waals surface area contributed by atoms with Gasteiger partial charge in [0.15, 0.2) is 0 Å². The Morgan fingerprint density at radius 3 is 2.20 bits per heavy atom. The second kappa shape index (κ2) is 7.15. The van der Waals surface area contributed by atoms with E-state index in [2.05, 4.69) is 19.1 Å². The number of benzene rings is 2. The standard InChI is InChI=1S/C17H19NOS/c1-14(16-11-7-4-8-12-16)18(2)17(19)20-13-15-9-5-3-6-10-15/h3-12,14H,13H2,1-2H3. The molecule has 0 aromatic heterocycles. The third-order valence-electron chi connectivity index (χ3n) is 3.36. The first-order chi connectivity index (χ1) is 9.68. The largest absolute Gasteiger partial charge is 0.330 e. The molecule has 1 atom stereocenters. The van der Waals surface area contributed by atoms with Crippen LogP contribution in [-0.4, -0.2) is 17.2 Å². The van der Waals surface area contributed by atoms with Crippen LogP contribution in [0.4, 0.5) is 4.79 Å². The molecule has 3 heteroatoms. The van der Waals surface area contributed by atoms with Gasteiger partial charge in [-0.05, 0) is 18.1 Å². The third-order valence-corrected chi connectivity index (χ3v) is 4.37. The molecule has 20 heavy (non-hydrogen) atoms. The van der Waals surface area contributed by atoms with Crippen LogP contribution >= 0.6 is 11.8 Å². The maximum Gasteiger partial charge on any atom is 0.282 e. The number of amides is 1. The molecule has 0 aliphatic carbocycles. The van der Waals surface area contributed by atoms with E-state index in [0.29, 0.717) is 5.75 Å². The SMILES string of the molecule is CC(c1ccccc1)N(C)C(=O)SCc1ccccc1. The Bertz CT molecular complexity index is 541. The fraction of sp³-hybridized carbons (Fsp3) is 0.235. The molecule has 0 radical (unpaired) electrons. The van der Waals surface area contributed by atoms with Crippen LogP contribution in [0.15, 0.2) is 60.7 Å². The fourth-order valence-electron chi connectivity index (χ4n) is 1.93. The molecule has 0 heterocycles. The molecule has 1 amide bonds. The van der Waals surface area contributed by atoms with E-state index in [9.17, 15) is 4.79 Å². The van der Waals surface area contributed by atoms with E-state index in [1.54, 1.807) is 4.90 Å². The van der Waals surface area contributed by atoms with Crippen LogP contribution in [-0.2, 0) is 5.75 Å². The van der Waals surface area contributed by atoms with Crippen LogP contribution in [0.25, 0.3) is 0 Å². The van der Waals surface area contributed by atoms with Gasteiger partial charge >= 0.3 is 0 Å². The number of thioether (sulfide) groups is 1. The Labute approximate surface area is 124 Å². The van der Waals surface area contributed by atoms with Crippen LogP contribution in [0.1, 0.15) is 24.1 Å². The van der Waals surface area contributed by atoms with Crippen molar-refractivity contribution < 1.29 is 4.79 Å². The highest BCUT2D eigenvalue weighted by molar-refractivity contribution is 8.12. The molecule has 0 saturated heterocycles. The Balaban J connectivity index is 1.92. The smallest absolute Gasteiger partial charge is 0.282 e. The van der Waals surface area contributed by atoms with Gasteiger partial charge in [0.25, 0.3) is 5.24 Å². The summed E-state index contributed by atoms with van der Waals surface area (Å²) in [7, 11) is 1.86. The zero-order valence-electron chi connectivity index (χ0n) is 11.8. The van der Waals surface area contributed by atoms with Crippen molar-refractivity contribution in [3.63, 3.8) is 0 Å². The Hall–Kier alpha value is -1.74. The molecule has 0 N–H and O–H groups in total. The number of hydrogen-bond acceptors (Lipinski definition) is 2. The van der Waals surface area contributed by atoms with Crippen LogP contribution < -0.4 is 0 Å². The molecule has 0 bridgehead atoms. The summed E-state index contributed by atoms with van der Waals surface area (Å²) in [4.78, 5) is 14.0. The van der Waals surface area contributed by atoms with Gasteiger partial charge in [0, 0.05) is 12.8 Å². The highest BCUT2D eigenvalue weighted by Crippen LogP contribution is 2.23. The minimum Gasteiger partial charge on any atom is -0.330 e. The molecular weight excluding hydrogens is 266 g/mol. The van der Waals surface area contributed by atoms with Gasteiger partial charge in [-0.1, -0.05) is 72.4 Å². The number of carbonyl (C=O) groups excluding carboxylic acids is 1. The molecule has 0 spiro atoms. The lowest BCUT2D eigenvalue weighted by Gasteiger charge is -2.24. The van der Waals surface area contributed by atoms with E-state index in [1.807, 2.05) is 55.6 Å². The minimum absolute atomic E-state index is 0.0898. The molecule has 2 nitrogen and oxygen atoms in total.